The van der Waals surface area contributed by atoms with Crippen molar-refractivity contribution in [1.29, 1.82) is 0 Å². The molecule has 0 bridgehead atoms. The molecule has 2 aliphatic heterocycles. The predicted octanol–water partition coefficient (Wildman–Crippen LogP) is 3.99. The molecule has 0 aromatic carbocycles. The van der Waals surface area contributed by atoms with E-state index in [-0.39, 0.29) is 0 Å². The highest BCUT2D eigenvalue weighted by atomic mass is 32.2. The molecule has 0 saturated carbocycles. The summed E-state index contributed by atoms with van der Waals surface area (Å²) in [6, 6.07) is 0. The Bertz CT molecular complexity index is 307. The molecule has 0 spiro atoms. The van der Waals surface area contributed by atoms with E-state index in [4.69, 9.17) is 0 Å². The summed E-state index contributed by atoms with van der Waals surface area (Å²) in [7, 11) is 0. The third-order valence-corrected chi connectivity index (χ3v) is 6.93. The summed E-state index contributed by atoms with van der Waals surface area (Å²) in [5.41, 5.74) is 0. The molecule has 0 aromatic rings. The molecule has 18 heavy (non-hydrogen) atoms. The lowest BCUT2D eigenvalue weighted by molar-refractivity contribution is 0.942. The van der Waals surface area contributed by atoms with E-state index in [1.807, 2.05) is 47.0 Å². The minimum Gasteiger partial charge on any atom is -0.272 e. The van der Waals surface area contributed by atoms with Crippen LogP contribution in [-0.2, 0) is 0 Å². The lowest BCUT2D eigenvalue weighted by Crippen LogP contribution is -2.00. The highest BCUT2D eigenvalue weighted by molar-refractivity contribution is 8.39. The zero-order valence-electron chi connectivity index (χ0n) is 10.3. The first-order chi connectivity index (χ1) is 8.95. The Morgan fingerprint density at radius 1 is 0.889 bits per heavy atom. The van der Waals surface area contributed by atoms with Crippen LogP contribution < -0.4 is 0 Å². The first kappa shape index (κ1) is 14.9. The quantitative estimate of drug-likeness (QED) is 0.732. The highest BCUT2D eigenvalue weighted by Gasteiger charge is 2.05. The molecule has 6 heteroatoms. The van der Waals surface area contributed by atoms with Gasteiger partial charge in [-0.15, -0.1) is 0 Å². The fraction of sp³-hybridized carbons (Fsp3) is 0.667. The van der Waals surface area contributed by atoms with Crippen LogP contribution in [0.25, 0.3) is 0 Å². The van der Waals surface area contributed by atoms with Crippen molar-refractivity contribution in [2.75, 3.05) is 36.1 Å². The molecule has 0 atom stereocenters. The standard InChI is InChI=1S/C12H18N2S4/c1(7-15-11-13-5-3-9-17-11)2-8-16-12-14-6-4-10-18-12/h1-2H,3-10H2/b2-1+. The number of nitrogens with zero attached hydrogens (tertiary/aromatic N) is 2. The third kappa shape index (κ3) is 6.08. The van der Waals surface area contributed by atoms with Crippen molar-refractivity contribution < 1.29 is 0 Å². The first-order valence-electron chi connectivity index (χ1n) is 6.20. The number of thioether (sulfide) groups is 4. The van der Waals surface area contributed by atoms with Gasteiger partial charge in [0.25, 0.3) is 0 Å². The predicted molar refractivity (Wildman–Crippen MR) is 92.8 cm³/mol. The number of hydrogen-bond donors (Lipinski definition) is 0. The van der Waals surface area contributed by atoms with Gasteiger partial charge in [-0.1, -0.05) is 59.2 Å². The van der Waals surface area contributed by atoms with Crippen molar-refractivity contribution in [3.05, 3.63) is 12.2 Å². The van der Waals surface area contributed by atoms with Gasteiger partial charge in [0, 0.05) is 36.1 Å². The molecule has 0 saturated heterocycles. The fourth-order valence-corrected chi connectivity index (χ4v) is 5.38. The van der Waals surface area contributed by atoms with E-state index in [2.05, 4.69) is 22.1 Å². The maximum absolute atomic E-state index is 4.50. The van der Waals surface area contributed by atoms with Crippen LogP contribution in [0.1, 0.15) is 12.8 Å². The monoisotopic (exact) mass is 318 g/mol. The Labute approximate surface area is 126 Å². The molecule has 2 rings (SSSR count). The lowest BCUT2D eigenvalue weighted by Gasteiger charge is -2.09. The molecule has 0 aromatic heterocycles. The summed E-state index contributed by atoms with van der Waals surface area (Å²) >= 11 is 7.53. The maximum atomic E-state index is 4.50. The largest absolute Gasteiger partial charge is 0.272 e. The van der Waals surface area contributed by atoms with Gasteiger partial charge in [-0.2, -0.15) is 0 Å². The van der Waals surface area contributed by atoms with Gasteiger partial charge >= 0.3 is 0 Å². The van der Waals surface area contributed by atoms with Gasteiger partial charge in [-0.05, 0) is 12.8 Å². The van der Waals surface area contributed by atoms with Crippen LogP contribution in [0.15, 0.2) is 22.1 Å². The van der Waals surface area contributed by atoms with E-state index in [1.165, 1.54) is 33.1 Å². The normalized spacial score (nSPS) is 20.9. The van der Waals surface area contributed by atoms with Crippen LogP contribution >= 0.6 is 47.0 Å². The maximum Gasteiger partial charge on any atom is 0.124 e. The number of hydrogen-bond acceptors (Lipinski definition) is 6. The second-order valence-electron chi connectivity index (χ2n) is 3.79. The van der Waals surface area contributed by atoms with E-state index in [0.717, 1.165) is 24.6 Å². The molecule has 0 amide bonds. The molecule has 100 valence electrons. The molecule has 0 N–H and O–H groups in total. The minimum absolute atomic E-state index is 1.02. The Balaban J connectivity index is 1.54. The first-order valence-corrected chi connectivity index (χ1v) is 10.1. The van der Waals surface area contributed by atoms with Gasteiger partial charge in [0.15, 0.2) is 0 Å². The number of rotatable bonds is 4. The van der Waals surface area contributed by atoms with Crippen LogP contribution in [0.3, 0.4) is 0 Å². The van der Waals surface area contributed by atoms with E-state index in [1.54, 1.807) is 0 Å². The second-order valence-corrected chi connectivity index (χ2v) is 8.49. The summed E-state index contributed by atoms with van der Waals surface area (Å²) in [5.74, 6) is 4.57. The van der Waals surface area contributed by atoms with Crippen molar-refractivity contribution in [2.24, 2.45) is 9.98 Å². The Morgan fingerprint density at radius 2 is 1.39 bits per heavy atom. The van der Waals surface area contributed by atoms with Crippen molar-refractivity contribution >= 4 is 55.8 Å². The van der Waals surface area contributed by atoms with Gasteiger partial charge < -0.3 is 0 Å². The lowest BCUT2D eigenvalue weighted by atomic mass is 10.5. The topological polar surface area (TPSA) is 24.7 Å². The van der Waals surface area contributed by atoms with Crippen molar-refractivity contribution in [1.82, 2.24) is 0 Å². The average Bonchev–Trinajstić information content (AvgIpc) is 2.45. The Morgan fingerprint density at radius 3 is 1.78 bits per heavy atom. The molecule has 0 unspecified atom stereocenters. The molecule has 0 radical (unpaired) electrons. The van der Waals surface area contributed by atoms with Gasteiger partial charge in [0.2, 0.25) is 0 Å². The highest BCUT2D eigenvalue weighted by Crippen LogP contribution is 2.23. The Kier molecular flexibility index (Phi) is 7.77. The molecular weight excluding hydrogens is 300 g/mol. The SMILES string of the molecule is C(=C\CSC1=NCCCS1)/CSC1=NCCCS1. The smallest absolute Gasteiger partial charge is 0.124 e. The summed E-state index contributed by atoms with van der Waals surface area (Å²) in [6.07, 6.45) is 6.98. The summed E-state index contributed by atoms with van der Waals surface area (Å²) < 4.78 is 2.54. The van der Waals surface area contributed by atoms with E-state index < -0.39 is 0 Å². The van der Waals surface area contributed by atoms with Crippen LogP contribution in [0.5, 0.6) is 0 Å². The molecule has 2 nitrogen and oxygen atoms in total. The van der Waals surface area contributed by atoms with Gasteiger partial charge in [-0.25, -0.2) is 0 Å². The second kappa shape index (κ2) is 9.39. The van der Waals surface area contributed by atoms with Crippen LogP contribution in [-0.4, -0.2) is 44.9 Å². The molecular formula is C12H18N2S4. The fourth-order valence-electron chi connectivity index (χ4n) is 1.43. The molecule has 2 aliphatic rings. The van der Waals surface area contributed by atoms with Crippen LogP contribution in [0.4, 0.5) is 0 Å². The van der Waals surface area contributed by atoms with E-state index >= 15 is 0 Å². The van der Waals surface area contributed by atoms with Gasteiger partial charge in [-0.3, -0.25) is 9.98 Å². The third-order valence-electron chi connectivity index (χ3n) is 2.31. The molecule has 0 fully saturated rings. The summed E-state index contributed by atoms with van der Waals surface area (Å²) in [6.45, 7) is 2.04. The Hall–Kier alpha value is 0.480. The molecule has 2 heterocycles. The zero-order chi connectivity index (χ0) is 12.5. The van der Waals surface area contributed by atoms with Crippen LogP contribution in [0, 0.1) is 0 Å². The van der Waals surface area contributed by atoms with E-state index in [9.17, 15) is 0 Å². The zero-order valence-corrected chi connectivity index (χ0v) is 13.6. The summed E-state index contributed by atoms with van der Waals surface area (Å²) in [4.78, 5) is 9.00. The van der Waals surface area contributed by atoms with Gasteiger partial charge in [0.1, 0.15) is 8.75 Å². The summed E-state index contributed by atoms with van der Waals surface area (Å²) in [5, 5.41) is 0. The number of aliphatic imine (C=N–C) groups is 2. The average molecular weight is 319 g/mol. The van der Waals surface area contributed by atoms with Crippen molar-refractivity contribution in [3.8, 4) is 0 Å². The van der Waals surface area contributed by atoms with Crippen LogP contribution in [0.2, 0.25) is 0 Å². The van der Waals surface area contributed by atoms with E-state index in [0.29, 0.717) is 0 Å². The van der Waals surface area contributed by atoms with Gasteiger partial charge in [0.05, 0.1) is 0 Å². The van der Waals surface area contributed by atoms with Crippen molar-refractivity contribution in [2.45, 2.75) is 12.8 Å². The minimum atomic E-state index is 1.02. The molecule has 0 aliphatic carbocycles. The van der Waals surface area contributed by atoms with Crippen molar-refractivity contribution in [3.63, 3.8) is 0 Å².